The number of alkyl halides is 3. The normalized spacial score (nSPS) is 19.2. The third kappa shape index (κ3) is 4.30. The van der Waals surface area contributed by atoms with Gasteiger partial charge in [0.25, 0.3) is 11.8 Å². The van der Waals surface area contributed by atoms with Crippen molar-refractivity contribution in [2.24, 2.45) is 0 Å². The Morgan fingerprint density at radius 1 is 1.29 bits per heavy atom. The summed E-state index contributed by atoms with van der Waals surface area (Å²) in [6.45, 7) is -2.09. The fraction of sp³-hybridized carbons (Fsp3) is 0.333. The Bertz CT molecular complexity index is 391. The predicted molar refractivity (Wildman–Crippen MR) is 40.6 cm³/mol. The van der Waals surface area contributed by atoms with Crippen LogP contribution in [0.2, 0.25) is 0 Å². The number of hydrogen-bond donors (Lipinski definition) is 0. The molecule has 1 aliphatic rings. The second kappa shape index (κ2) is 5.38. The minimum absolute atomic E-state index is 0. The van der Waals surface area contributed by atoms with Gasteiger partial charge in [0.15, 0.2) is 6.61 Å². The number of carbonyl (C=O) groups excluding carboxylic acids is 2. The summed E-state index contributed by atoms with van der Waals surface area (Å²) >= 11 is 0. The van der Waals surface area contributed by atoms with Gasteiger partial charge < -0.3 is 9.42 Å². The average Bonchev–Trinajstić information content (AvgIpc) is 2.42. The van der Waals surface area contributed by atoms with Crippen molar-refractivity contribution in [3.8, 4) is 0 Å². The van der Waals surface area contributed by atoms with E-state index in [0.717, 1.165) is 0 Å². The Balaban J connectivity index is 0.00000256. The number of carbonyl (C=O) groups is 2. The molecule has 17 heavy (non-hydrogen) atoms. The second-order valence-corrected chi connectivity index (χ2v) is 4.27. The van der Waals surface area contributed by atoms with Crippen LogP contribution < -0.4 is 23.8 Å². The van der Waals surface area contributed by atoms with E-state index in [1.807, 2.05) is 0 Å². The first-order valence-corrected chi connectivity index (χ1v) is 5.22. The number of halogens is 3. The van der Waals surface area contributed by atoms with E-state index >= 15 is 0 Å². The molecule has 0 aromatic carbocycles. The van der Waals surface area contributed by atoms with Gasteiger partial charge in [-0.15, -0.1) is 0 Å². The first kappa shape index (κ1) is 16.4. The Labute approximate surface area is 105 Å². The third-order valence-corrected chi connectivity index (χ3v) is 2.76. The van der Waals surface area contributed by atoms with Gasteiger partial charge in [0.1, 0.15) is 0 Å². The molecule has 11 heteroatoms. The molecule has 1 aliphatic heterocycles. The number of rotatable bonds is 3. The van der Waals surface area contributed by atoms with Crippen molar-refractivity contribution in [2.75, 3.05) is 6.61 Å². The van der Waals surface area contributed by atoms with Crippen molar-refractivity contribution >= 4 is 19.6 Å². The smallest absolute Gasteiger partial charge is 0.761 e. The molecule has 0 fully saturated rings. The number of hydrogen-bond acceptors (Lipinski definition) is 5. The van der Waals surface area contributed by atoms with Gasteiger partial charge in [0.05, 0.1) is 0 Å². The Morgan fingerprint density at radius 3 is 2.06 bits per heavy atom. The van der Waals surface area contributed by atoms with E-state index in [1.165, 1.54) is 0 Å². The van der Waals surface area contributed by atoms with Crippen LogP contribution in [0, 0.1) is 0 Å². The van der Waals surface area contributed by atoms with E-state index in [4.69, 9.17) is 0 Å². The van der Waals surface area contributed by atoms with Gasteiger partial charge in [0.2, 0.25) is 7.75 Å². The van der Waals surface area contributed by atoms with E-state index in [9.17, 15) is 32.2 Å². The summed E-state index contributed by atoms with van der Waals surface area (Å²) < 4.78 is 49.3. The molecular formula is C6H4F3LiNO5P. The van der Waals surface area contributed by atoms with Gasteiger partial charge in [-0.25, -0.2) is 4.67 Å². The topological polar surface area (TPSA) is 86.7 Å². The third-order valence-electron chi connectivity index (χ3n) is 1.42. The molecule has 0 bridgehead atoms. The molecule has 0 N–H and O–H groups in total. The number of nitrogens with zero attached hydrogens (tertiary/aromatic N) is 1. The first-order valence-electron chi connectivity index (χ1n) is 3.72. The average molecular weight is 265 g/mol. The van der Waals surface area contributed by atoms with Crippen LogP contribution in [0.1, 0.15) is 0 Å². The minimum atomic E-state index is -5.35. The molecule has 0 saturated heterocycles. The molecule has 0 aliphatic carbocycles. The standard InChI is InChI=1S/C6H5F3NO5P.Li/c7-6(8,9)3-15-16(13,14)10-4(11)1-2-5(10)12;/h1-2H,3H2,(H,13,14);/q;+1/p-1. The quantitative estimate of drug-likeness (QED) is 0.307. The van der Waals surface area contributed by atoms with Crippen LogP contribution in [0.5, 0.6) is 0 Å². The van der Waals surface area contributed by atoms with Gasteiger partial charge in [-0.2, -0.15) is 13.2 Å². The second-order valence-electron chi connectivity index (χ2n) is 2.68. The monoisotopic (exact) mass is 265 g/mol. The molecule has 1 atom stereocenters. The van der Waals surface area contributed by atoms with Gasteiger partial charge in [-0.1, -0.05) is 0 Å². The fourth-order valence-corrected chi connectivity index (χ4v) is 1.89. The molecule has 0 spiro atoms. The van der Waals surface area contributed by atoms with Crippen molar-refractivity contribution in [1.29, 1.82) is 0 Å². The van der Waals surface area contributed by atoms with Gasteiger partial charge in [-0.05, 0) is 0 Å². The molecule has 0 aromatic rings. The predicted octanol–water partition coefficient (Wildman–Crippen LogP) is -3.04. The molecule has 1 rings (SSSR count). The SMILES string of the molecule is O=C1C=CC(=O)N1P(=O)([O-])OCC(F)(F)F.[Li+]. The maximum atomic E-state index is 11.7. The minimum Gasteiger partial charge on any atom is -0.761 e. The summed E-state index contributed by atoms with van der Waals surface area (Å²) in [5.74, 6) is -2.52. The molecule has 0 saturated carbocycles. The van der Waals surface area contributed by atoms with Crippen molar-refractivity contribution in [2.45, 2.75) is 6.18 Å². The summed E-state index contributed by atoms with van der Waals surface area (Å²) in [5.41, 5.74) is 0. The largest absolute Gasteiger partial charge is 1.00 e. The van der Waals surface area contributed by atoms with E-state index in [1.54, 1.807) is 0 Å². The van der Waals surface area contributed by atoms with Crippen LogP contribution in [-0.4, -0.2) is 29.3 Å². The Kier molecular flexibility index (Phi) is 5.19. The zero-order chi connectivity index (χ0) is 12.6. The molecule has 1 unspecified atom stereocenters. The number of imide groups is 1. The summed E-state index contributed by atoms with van der Waals surface area (Å²) in [6.07, 6.45) is -3.65. The maximum absolute atomic E-state index is 11.7. The van der Waals surface area contributed by atoms with Gasteiger partial charge in [0, 0.05) is 12.2 Å². The van der Waals surface area contributed by atoms with Crippen LogP contribution in [0.3, 0.4) is 0 Å². The van der Waals surface area contributed by atoms with E-state index in [-0.39, 0.29) is 23.5 Å². The molecule has 2 amide bonds. The van der Waals surface area contributed by atoms with Gasteiger partial charge in [-0.3, -0.25) is 14.2 Å². The van der Waals surface area contributed by atoms with Crippen molar-refractivity contribution in [3.05, 3.63) is 12.2 Å². The summed E-state index contributed by atoms with van der Waals surface area (Å²) in [6, 6.07) is 0. The van der Waals surface area contributed by atoms with E-state index in [0.29, 0.717) is 12.2 Å². The molecule has 0 aromatic heterocycles. The van der Waals surface area contributed by atoms with Crippen LogP contribution in [0.4, 0.5) is 13.2 Å². The molecule has 1 heterocycles. The van der Waals surface area contributed by atoms with E-state index < -0.39 is 32.3 Å². The van der Waals surface area contributed by atoms with E-state index in [2.05, 4.69) is 4.52 Å². The van der Waals surface area contributed by atoms with Crippen LogP contribution >= 0.6 is 7.75 Å². The summed E-state index contributed by atoms with van der Waals surface area (Å²) in [5, 5.41) is 0. The molecular weight excluding hydrogens is 261 g/mol. The Hall–Kier alpha value is -0.583. The van der Waals surface area contributed by atoms with Crippen molar-refractivity contribution in [3.63, 3.8) is 0 Å². The fourth-order valence-electron chi connectivity index (χ4n) is 0.846. The molecule has 0 radical (unpaired) electrons. The molecule has 90 valence electrons. The van der Waals surface area contributed by atoms with Crippen LogP contribution in [-0.2, 0) is 18.7 Å². The zero-order valence-corrected chi connectivity index (χ0v) is 9.33. The Morgan fingerprint density at radius 2 is 1.71 bits per heavy atom. The first-order chi connectivity index (χ1) is 7.13. The van der Waals surface area contributed by atoms with Gasteiger partial charge >= 0.3 is 25.0 Å². The maximum Gasteiger partial charge on any atom is 1.00 e. The van der Waals surface area contributed by atoms with Crippen LogP contribution in [0.15, 0.2) is 12.2 Å². The molecule has 6 nitrogen and oxygen atoms in total. The number of amides is 2. The zero-order valence-electron chi connectivity index (χ0n) is 8.43. The van der Waals surface area contributed by atoms with Crippen molar-refractivity contribution in [1.82, 2.24) is 4.67 Å². The van der Waals surface area contributed by atoms with Crippen LogP contribution in [0.25, 0.3) is 0 Å². The summed E-state index contributed by atoms with van der Waals surface area (Å²) in [4.78, 5) is 32.7. The van der Waals surface area contributed by atoms with Crippen molar-refractivity contribution < 1.29 is 55.6 Å². The summed E-state index contributed by atoms with van der Waals surface area (Å²) in [7, 11) is -5.35.